The van der Waals surface area contributed by atoms with E-state index >= 15 is 0 Å². The van der Waals surface area contributed by atoms with Crippen molar-refractivity contribution in [3.63, 3.8) is 0 Å². The Balaban J connectivity index is 2.31. The Labute approximate surface area is 114 Å². The van der Waals surface area contributed by atoms with Gasteiger partial charge in [-0.15, -0.1) is 0 Å². The van der Waals surface area contributed by atoms with E-state index in [1.165, 1.54) is 32.1 Å². The van der Waals surface area contributed by atoms with Crippen molar-refractivity contribution in [1.82, 2.24) is 5.32 Å². The largest absolute Gasteiger partial charge is 0.330 e. The van der Waals surface area contributed by atoms with E-state index in [2.05, 4.69) is 33.0 Å². The summed E-state index contributed by atoms with van der Waals surface area (Å²) in [5.74, 6) is 2.21. The Kier molecular flexibility index (Phi) is 6.65. The molecule has 1 saturated carbocycles. The summed E-state index contributed by atoms with van der Waals surface area (Å²) >= 11 is 0. The molecule has 2 heteroatoms. The molecule has 0 amide bonds. The normalized spacial score (nSPS) is 20.3. The van der Waals surface area contributed by atoms with Crippen LogP contribution in [0.15, 0.2) is 0 Å². The van der Waals surface area contributed by atoms with Gasteiger partial charge < -0.3 is 11.1 Å². The molecule has 1 rings (SSSR count). The highest BCUT2D eigenvalue weighted by atomic mass is 14.9. The van der Waals surface area contributed by atoms with Crippen LogP contribution in [-0.4, -0.2) is 19.6 Å². The number of hydrogen-bond acceptors (Lipinski definition) is 2. The Morgan fingerprint density at radius 2 is 1.78 bits per heavy atom. The molecule has 0 aromatic carbocycles. The van der Waals surface area contributed by atoms with Gasteiger partial charge in [-0.3, -0.25) is 0 Å². The molecule has 0 radical (unpaired) electrons. The number of nitrogens with one attached hydrogen (secondary N) is 1. The van der Waals surface area contributed by atoms with Crippen molar-refractivity contribution < 1.29 is 0 Å². The van der Waals surface area contributed by atoms with Crippen molar-refractivity contribution in [2.24, 2.45) is 28.9 Å². The maximum Gasteiger partial charge on any atom is 0.000530 e. The summed E-state index contributed by atoms with van der Waals surface area (Å²) in [6.07, 6.45) is 7.18. The van der Waals surface area contributed by atoms with Gasteiger partial charge in [0.05, 0.1) is 0 Å². The summed E-state index contributed by atoms with van der Waals surface area (Å²) in [5, 5.41) is 3.68. The lowest BCUT2D eigenvalue weighted by atomic mass is 9.71. The van der Waals surface area contributed by atoms with E-state index in [0.717, 1.165) is 25.6 Å². The summed E-state index contributed by atoms with van der Waals surface area (Å²) in [6, 6.07) is 0. The molecule has 0 aliphatic heterocycles. The van der Waals surface area contributed by atoms with Gasteiger partial charge in [-0.05, 0) is 49.1 Å². The molecular formula is C16H34N2. The summed E-state index contributed by atoms with van der Waals surface area (Å²) < 4.78 is 0. The van der Waals surface area contributed by atoms with Crippen molar-refractivity contribution in [2.45, 2.75) is 59.8 Å². The van der Waals surface area contributed by atoms with E-state index in [4.69, 9.17) is 5.73 Å². The average Bonchev–Trinajstić information content (AvgIpc) is 2.35. The highest BCUT2D eigenvalue weighted by Crippen LogP contribution is 2.37. The van der Waals surface area contributed by atoms with E-state index in [1.54, 1.807) is 0 Å². The molecule has 0 aromatic heterocycles. The molecule has 108 valence electrons. The van der Waals surface area contributed by atoms with Crippen molar-refractivity contribution in [2.75, 3.05) is 19.6 Å². The van der Waals surface area contributed by atoms with Crippen LogP contribution in [0.2, 0.25) is 0 Å². The van der Waals surface area contributed by atoms with Crippen LogP contribution in [0.25, 0.3) is 0 Å². The first-order chi connectivity index (χ1) is 8.47. The number of nitrogens with two attached hydrogens (primary N) is 1. The number of rotatable bonds is 7. The Morgan fingerprint density at radius 1 is 1.17 bits per heavy atom. The first kappa shape index (κ1) is 16.0. The molecule has 0 bridgehead atoms. The van der Waals surface area contributed by atoms with E-state index in [-0.39, 0.29) is 0 Å². The monoisotopic (exact) mass is 254 g/mol. The summed E-state index contributed by atoms with van der Waals surface area (Å²) in [6.45, 7) is 12.4. The van der Waals surface area contributed by atoms with Gasteiger partial charge in [-0.1, -0.05) is 47.0 Å². The molecule has 0 spiro atoms. The van der Waals surface area contributed by atoms with Crippen molar-refractivity contribution >= 4 is 0 Å². The second-order valence-electron chi connectivity index (χ2n) is 7.19. The second kappa shape index (κ2) is 7.49. The van der Waals surface area contributed by atoms with Crippen LogP contribution in [0, 0.1) is 23.2 Å². The molecular weight excluding hydrogens is 220 g/mol. The molecule has 1 atom stereocenters. The van der Waals surface area contributed by atoms with E-state index in [0.29, 0.717) is 17.3 Å². The van der Waals surface area contributed by atoms with E-state index in [9.17, 15) is 0 Å². The second-order valence-corrected chi connectivity index (χ2v) is 7.19. The summed E-state index contributed by atoms with van der Waals surface area (Å²) in [5.41, 5.74) is 6.27. The van der Waals surface area contributed by atoms with Gasteiger partial charge in [0.15, 0.2) is 0 Å². The lowest BCUT2D eigenvalue weighted by molar-refractivity contribution is 0.151. The maximum atomic E-state index is 5.83. The van der Waals surface area contributed by atoms with Gasteiger partial charge in [0, 0.05) is 6.54 Å². The zero-order valence-electron chi connectivity index (χ0n) is 13.0. The van der Waals surface area contributed by atoms with Crippen LogP contribution in [0.5, 0.6) is 0 Å². The highest BCUT2D eigenvalue weighted by molar-refractivity contribution is 4.83. The molecule has 1 fully saturated rings. The quantitative estimate of drug-likeness (QED) is 0.730. The molecule has 0 aromatic rings. The fourth-order valence-electron chi connectivity index (χ4n) is 3.20. The molecule has 3 N–H and O–H groups in total. The molecule has 1 aliphatic rings. The van der Waals surface area contributed by atoms with Crippen LogP contribution >= 0.6 is 0 Å². The molecule has 1 unspecified atom stereocenters. The van der Waals surface area contributed by atoms with Crippen LogP contribution in [-0.2, 0) is 0 Å². The third-order valence-corrected chi connectivity index (χ3v) is 4.94. The summed E-state index contributed by atoms with van der Waals surface area (Å²) in [4.78, 5) is 0. The number of hydrogen-bond donors (Lipinski definition) is 2. The van der Waals surface area contributed by atoms with Crippen LogP contribution < -0.4 is 11.1 Å². The van der Waals surface area contributed by atoms with Gasteiger partial charge >= 0.3 is 0 Å². The maximum absolute atomic E-state index is 5.83. The standard InChI is InChI=1S/C16H34N2/c1-13(2)14(10-17)11-18-12-16(3,4)15-8-6-5-7-9-15/h13-15,18H,5-12,17H2,1-4H3. The van der Waals surface area contributed by atoms with E-state index < -0.39 is 0 Å². The molecule has 0 saturated heterocycles. The van der Waals surface area contributed by atoms with Crippen molar-refractivity contribution in [1.29, 1.82) is 0 Å². The Morgan fingerprint density at radius 3 is 2.28 bits per heavy atom. The third-order valence-electron chi connectivity index (χ3n) is 4.94. The fourth-order valence-corrected chi connectivity index (χ4v) is 3.20. The predicted molar refractivity (Wildman–Crippen MR) is 80.6 cm³/mol. The Hall–Kier alpha value is -0.0800. The molecule has 0 heterocycles. The minimum absolute atomic E-state index is 0.441. The topological polar surface area (TPSA) is 38.0 Å². The van der Waals surface area contributed by atoms with Gasteiger partial charge in [-0.2, -0.15) is 0 Å². The summed E-state index contributed by atoms with van der Waals surface area (Å²) in [7, 11) is 0. The average molecular weight is 254 g/mol. The highest BCUT2D eigenvalue weighted by Gasteiger charge is 2.30. The van der Waals surface area contributed by atoms with Gasteiger partial charge in [0.1, 0.15) is 0 Å². The van der Waals surface area contributed by atoms with Crippen molar-refractivity contribution in [3.05, 3.63) is 0 Å². The van der Waals surface area contributed by atoms with Crippen molar-refractivity contribution in [3.8, 4) is 0 Å². The zero-order chi connectivity index (χ0) is 13.6. The molecule has 18 heavy (non-hydrogen) atoms. The van der Waals surface area contributed by atoms with Crippen LogP contribution in [0.1, 0.15) is 59.8 Å². The van der Waals surface area contributed by atoms with Crippen LogP contribution in [0.3, 0.4) is 0 Å². The lowest BCUT2D eigenvalue weighted by Crippen LogP contribution is -2.40. The van der Waals surface area contributed by atoms with Crippen LogP contribution in [0.4, 0.5) is 0 Å². The fraction of sp³-hybridized carbons (Fsp3) is 1.00. The molecule has 1 aliphatic carbocycles. The first-order valence-electron chi connectivity index (χ1n) is 7.88. The Bertz CT molecular complexity index is 217. The van der Waals surface area contributed by atoms with E-state index in [1.807, 2.05) is 0 Å². The SMILES string of the molecule is CC(C)C(CN)CNCC(C)(C)C1CCCCC1. The predicted octanol–water partition coefficient (Wildman–Crippen LogP) is 3.41. The van der Waals surface area contributed by atoms with Gasteiger partial charge in [-0.25, -0.2) is 0 Å². The third kappa shape index (κ3) is 4.89. The smallest absolute Gasteiger partial charge is 0.000530 e. The lowest BCUT2D eigenvalue weighted by Gasteiger charge is -2.37. The minimum Gasteiger partial charge on any atom is -0.330 e. The molecule has 2 nitrogen and oxygen atoms in total. The zero-order valence-corrected chi connectivity index (χ0v) is 13.0. The minimum atomic E-state index is 0.441. The van der Waals surface area contributed by atoms with Gasteiger partial charge in [0.2, 0.25) is 0 Å². The first-order valence-corrected chi connectivity index (χ1v) is 7.88. The van der Waals surface area contributed by atoms with Gasteiger partial charge in [0.25, 0.3) is 0 Å².